The van der Waals surface area contributed by atoms with E-state index < -0.39 is 6.10 Å². The molecule has 0 radical (unpaired) electrons. The number of methoxy groups -OCH3 is 1. The van der Waals surface area contributed by atoms with Crippen LogP contribution >= 0.6 is 0 Å². The quantitative estimate of drug-likeness (QED) is 0.868. The molecule has 1 saturated carbocycles. The van der Waals surface area contributed by atoms with Gasteiger partial charge in [-0.05, 0) is 38.3 Å². The summed E-state index contributed by atoms with van der Waals surface area (Å²) in [5.74, 6) is 0.847. The van der Waals surface area contributed by atoms with E-state index in [-0.39, 0.29) is 5.60 Å². The van der Waals surface area contributed by atoms with Gasteiger partial charge in [0.05, 0.1) is 18.8 Å². The number of hydrogen-bond donors (Lipinski definition) is 1. The highest BCUT2D eigenvalue weighted by atomic mass is 16.5. The number of rotatable bonds is 6. The summed E-state index contributed by atoms with van der Waals surface area (Å²) < 4.78 is 11.3. The third-order valence-corrected chi connectivity index (χ3v) is 4.34. The van der Waals surface area contributed by atoms with Crippen LogP contribution < -0.4 is 4.74 Å². The highest BCUT2D eigenvalue weighted by Gasteiger charge is 2.41. The Morgan fingerprint density at radius 3 is 2.60 bits per heavy atom. The molecule has 1 unspecified atom stereocenters. The third-order valence-electron chi connectivity index (χ3n) is 4.34. The van der Waals surface area contributed by atoms with Gasteiger partial charge in [0.25, 0.3) is 0 Å². The minimum atomic E-state index is -0.472. The van der Waals surface area contributed by atoms with E-state index in [0.29, 0.717) is 13.0 Å². The van der Waals surface area contributed by atoms with Crippen molar-refractivity contribution in [2.24, 2.45) is 0 Å². The first kappa shape index (κ1) is 15.3. The summed E-state index contributed by atoms with van der Waals surface area (Å²) in [4.78, 5) is 0. The molecule has 1 aliphatic rings. The van der Waals surface area contributed by atoms with Crippen molar-refractivity contribution < 1.29 is 14.6 Å². The Labute approximate surface area is 121 Å². The predicted octanol–water partition coefficient (Wildman–Crippen LogP) is 3.26. The summed E-state index contributed by atoms with van der Waals surface area (Å²) in [7, 11) is 1.68. The van der Waals surface area contributed by atoms with Crippen molar-refractivity contribution in [2.75, 3.05) is 13.7 Å². The van der Waals surface area contributed by atoms with E-state index in [1.165, 1.54) is 5.56 Å². The molecular weight excluding hydrogens is 252 g/mol. The third kappa shape index (κ3) is 3.15. The maximum absolute atomic E-state index is 10.7. The van der Waals surface area contributed by atoms with Crippen LogP contribution in [-0.4, -0.2) is 30.5 Å². The van der Waals surface area contributed by atoms with E-state index >= 15 is 0 Å². The molecule has 0 spiro atoms. The fourth-order valence-electron chi connectivity index (χ4n) is 3.30. The number of aryl methyl sites for hydroxylation is 1. The molecule has 112 valence electrons. The van der Waals surface area contributed by atoms with E-state index in [1.807, 2.05) is 19.1 Å². The first-order valence-electron chi connectivity index (χ1n) is 7.57. The van der Waals surface area contributed by atoms with E-state index in [2.05, 4.69) is 13.0 Å². The van der Waals surface area contributed by atoms with Crippen molar-refractivity contribution in [1.29, 1.82) is 0 Å². The molecule has 1 fully saturated rings. The monoisotopic (exact) mass is 278 g/mol. The molecule has 0 bridgehead atoms. The lowest BCUT2D eigenvalue weighted by Gasteiger charge is -2.34. The van der Waals surface area contributed by atoms with Crippen molar-refractivity contribution in [3.05, 3.63) is 29.3 Å². The zero-order valence-corrected chi connectivity index (χ0v) is 12.8. The van der Waals surface area contributed by atoms with Gasteiger partial charge in [-0.15, -0.1) is 0 Å². The largest absolute Gasteiger partial charge is 0.496 e. The smallest absolute Gasteiger partial charge is 0.122 e. The molecule has 0 aromatic heterocycles. The fourth-order valence-corrected chi connectivity index (χ4v) is 3.30. The molecule has 0 saturated heterocycles. The lowest BCUT2D eigenvalue weighted by Crippen LogP contribution is -2.43. The molecule has 3 nitrogen and oxygen atoms in total. The van der Waals surface area contributed by atoms with Gasteiger partial charge in [-0.25, -0.2) is 0 Å². The Morgan fingerprint density at radius 2 is 2.00 bits per heavy atom. The van der Waals surface area contributed by atoms with Crippen LogP contribution in [0.5, 0.6) is 5.75 Å². The van der Waals surface area contributed by atoms with Crippen LogP contribution in [0.15, 0.2) is 18.2 Å². The molecule has 2 rings (SSSR count). The Kier molecular flexibility index (Phi) is 5.06. The first-order chi connectivity index (χ1) is 9.61. The van der Waals surface area contributed by atoms with Gasteiger partial charge < -0.3 is 14.6 Å². The maximum atomic E-state index is 10.7. The summed E-state index contributed by atoms with van der Waals surface area (Å²) in [5, 5.41) is 10.7. The molecule has 0 heterocycles. The van der Waals surface area contributed by atoms with Gasteiger partial charge >= 0.3 is 0 Å². The zero-order chi connectivity index (χ0) is 14.6. The lowest BCUT2D eigenvalue weighted by molar-refractivity contribution is -0.115. The molecule has 1 aliphatic carbocycles. The minimum absolute atomic E-state index is 0.358. The van der Waals surface area contributed by atoms with Crippen LogP contribution in [0.25, 0.3) is 0 Å². The second-order valence-electron chi connectivity index (χ2n) is 5.74. The topological polar surface area (TPSA) is 38.7 Å². The number of ether oxygens (including phenoxy) is 2. The van der Waals surface area contributed by atoms with E-state index in [1.54, 1.807) is 7.11 Å². The molecule has 1 aromatic carbocycles. The van der Waals surface area contributed by atoms with Gasteiger partial charge in [0.1, 0.15) is 5.75 Å². The van der Waals surface area contributed by atoms with Crippen molar-refractivity contribution in [3.63, 3.8) is 0 Å². The molecular formula is C17H26O3. The SMILES string of the molecule is CCOC1(C(O)Cc2cc(C)ccc2OC)CCCC1. The van der Waals surface area contributed by atoms with Crippen molar-refractivity contribution in [1.82, 2.24) is 0 Å². The Hall–Kier alpha value is -1.06. The average Bonchev–Trinajstić information content (AvgIpc) is 2.89. The number of hydrogen-bond acceptors (Lipinski definition) is 3. The van der Waals surface area contributed by atoms with Gasteiger partial charge in [-0.3, -0.25) is 0 Å². The number of aliphatic hydroxyl groups is 1. The summed E-state index contributed by atoms with van der Waals surface area (Å²) in [6.45, 7) is 4.71. The summed E-state index contributed by atoms with van der Waals surface area (Å²) >= 11 is 0. The molecule has 1 atom stereocenters. The standard InChI is InChI=1S/C17H26O3/c1-4-20-17(9-5-6-10-17)16(18)12-14-11-13(2)7-8-15(14)19-3/h7-8,11,16,18H,4-6,9-10,12H2,1-3H3. The summed E-state index contributed by atoms with van der Waals surface area (Å²) in [6, 6.07) is 6.10. The maximum Gasteiger partial charge on any atom is 0.122 e. The second-order valence-corrected chi connectivity index (χ2v) is 5.74. The van der Waals surface area contributed by atoms with Crippen LogP contribution in [0.3, 0.4) is 0 Å². The lowest BCUT2D eigenvalue weighted by atomic mass is 9.89. The highest BCUT2D eigenvalue weighted by Crippen LogP contribution is 2.38. The van der Waals surface area contributed by atoms with E-state index in [4.69, 9.17) is 9.47 Å². The summed E-state index contributed by atoms with van der Waals surface area (Å²) in [5.41, 5.74) is 1.89. The molecule has 3 heteroatoms. The van der Waals surface area contributed by atoms with E-state index in [9.17, 15) is 5.11 Å². The van der Waals surface area contributed by atoms with Crippen LogP contribution in [0.4, 0.5) is 0 Å². The highest BCUT2D eigenvalue weighted by molar-refractivity contribution is 5.37. The number of benzene rings is 1. The zero-order valence-electron chi connectivity index (χ0n) is 12.8. The van der Waals surface area contributed by atoms with Gasteiger partial charge in [0.15, 0.2) is 0 Å². The van der Waals surface area contributed by atoms with Crippen molar-refractivity contribution in [3.8, 4) is 5.75 Å². The minimum Gasteiger partial charge on any atom is -0.496 e. The van der Waals surface area contributed by atoms with Crippen LogP contribution in [0.2, 0.25) is 0 Å². The van der Waals surface area contributed by atoms with Gasteiger partial charge in [0.2, 0.25) is 0 Å². The average molecular weight is 278 g/mol. The van der Waals surface area contributed by atoms with Crippen LogP contribution in [0, 0.1) is 6.92 Å². The summed E-state index contributed by atoms with van der Waals surface area (Å²) in [6.07, 6.45) is 4.31. The van der Waals surface area contributed by atoms with Crippen molar-refractivity contribution in [2.45, 2.75) is 57.7 Å². The Bertz CT molecular complexity index is 436. The second kappa shape index (κ2) is 6.59. The van der Waals surface area contributed by atoms with Gasteiger partial charge in [-0.1, -0.05) is 30.5 Å². The van der Waals surface area contributed by atoms with Crippen LogP contribution in [0.1, 0.15) is 43.7 Å². The fraction of sp³-hybridized carbons (Fsp3) is 0.647. The molecule has 20 heavy (non-hydrogen) atoms. The van der Waals surface area contributed by atoms with Gasteiger partial charge in [0, 0.05) is 13.0 Å². The van der Waals surface area contributed by atoms with Gasteiger partial charge in [-0.2, -0.15) is 0 Å². The van der Waals surface area contributed by atoms with Crippen molar-refractivity contribution >= 4 is 0 Å². The molecule has 1 N–H and O–H groups in total. The molecule has 0 aliphatic heterocycles. The van der Waals surface area contributed by atoms with Crippen LogP contribution in [-0.2, 0) is 11.2 Å². The first-order valence-corrected chi connectivity index (χ1v) is 7.57. The molecule has 0 amide bonds. The number of aliphatic hydroxyl groups excluding tert-OH is 1. The normalized spacial score (nSPS) is 19.0. The van der Waals surface area contributed by atoms with E-state index in [0.717, 1.165) is 37.0 Å². The predicted molar refractivity (Wildman–Crippen MR) is 80.3 cm³/mol. The Morgan fingerprint density at radius 1 is 1.30 bits per heavy atom. The molecule has 1 aromatic rings. The Balaban J connectivity index is 2.17.